The number of carbonyl (C=O) groups is 1. The summed E-state index contributed by atoms with van der Waals surface area (Å²) in [4.78, 5) is 11.9. The Morgan fingerprint density at radius 1 is 1.33 bits per heavy atom. The summed E-state index contributed by atoms with van der Waals surface area (Å²) in [5.41, 5.74) is 0.757. The van der Waals surface area contributed by atoms with Gasteiger partial charge in [-0.2, -0.15) is 0 Å². The number of hydrogen-bond acceptors (Lipinski definition) is 3. The van der Waals surface area contributed by atoms with Crippen LogP contribution in [0.5, 0.6) is 11.5 Å². The number of benzene rings is 1. The highest BCUT2D eigenvalue weighted by Gasteiger charge is 2.15. The molecule has 0 aromatic heterocycles. The summed E-state index contributed by atoms with van der Waals surface area (Å²) in [6, 6.07) is 5.48. The van der Waals surface area contributed by atoms with Gasteiger partial charge < -0.3 is 14.8 Å². The molecule has 4 nitrogen and oxygen atoms in total. The van der Waals surface area contributed by atoms with Crippen molar-refractivity contribution in [2.24, 2.45) is 5.92 Å². The van der Waals surface area contributed by atoms with Gasteiger partial charge in [0.2, 0.25) is 5.91 Å². The maximum Gasteiger partial charge on any atom is 0.227 e. The van der Waals surface area contributed by atoms with Gasteiger partial charge in [-0.15, -0.1) is 0 Å². The van der Waals surface area contributed by atoms with Gasteiger partial charge in [0.15, 0.2) is 11.5 Å². The average Bonchev–Trinajstić information content (AvgIpc) is 2.39. The smallest absolute Gasteiger partial charge is 0.227 e. The van der Waals surface area contributed by atoms with Crippen LogP contribution in [0.25, 0.3) is 0 Å². The molecule has 0 bridgehead atoms. The lowest BCUT2D eigenvalue weighted by Crippen LogP contribution is -2.20. The number of fused-ring (bicyclic) bond motifs is 1. The number of ether oxygens (including phenoxy) is 2. The number of nitrogens with one attached hydrogen (secondary N) is 1. The van der Waals surface area contributed by atoms with E-state index in [0.29, 0.717) is 19.0 Å². The largest absolute Gasteiger partial charge is 0.486 e. The molecule has 1 amide bonds. The molecule has 0 saturated heterocycles. The van der Waals surface area contributed by atoms with Gasteiger partial charge in [0.25, 0.3) is 0 Å². The third-order valence-electron chi connectivity index (χ3n) is 2.98. The zero-order valence-electron chi connectivity index (χ0n) is 10.9. The Kier molecular flexibility index (Phi) is 4.07. The van der Waals surface area contributed by atoms with Crippen molar-refractivity contribution >= 4 is 11.6 Å². The Labute approximate surface area is 107 Å². The molecular formula is C14H19NO3. The van der Waals surface area contributed by atoms with Crippen LogP contribution in [-0.4, -0.2) is 19.1 Å². The maximum atomic E-state index is 11.9. The molecule has 1 aliphatic rings. The van der Waals surface area contributed by atoms with Crippen molar-refractivity contribution in [3.05, 3.63) is 18.2 Å². The van der Waals surface area contributed by atoms with Gasteiger partial charge in [-0.05, 0) is 18.6 Å². The zero-order valence-corrected chi connectivity index (χ0v) is 10.9. The molecule has 1 aliphatic heterocycles. The first-order valence-corrected chi connectivity index (χ1v) is 6.41. The van der Waals surface area contributed by atoms with E-state index in [4.69, 9.17) is 9.47 Å². The highest BCUT2D eigenvalue weighted by molar-refractivity contribution is 5.92. The molecule has 1 aromatic rings. The molecule has 0 fully saturated rings. The molecule has 0 spiro atoms. The van der Waals surface area contributed by atoms with Gasteiger partial charge in [0, 0.05) is 17.7 Å². The van der Waals surface area contributed by atoms with Gasteiger partial charge in [-0.25, -0.2) is 0 Å². The van der Waals surface area contributed by atoms with Crippen LogP contribution in [0.3, 0.4) is 0 Å². The molecule has 98 valence electrons. The first kappa shape index (κ1) is 12.7. The van der Waals surface area contributed by atoms with Crippen molar-refractivity contribution in [3.8, 4) is 11.5 Å². The fraction of sp³-hybridized carbons (Fsp3) is 0.500. The topological polar surface area (TPSA) is 47.6 Å². The van der Waals surface area contributed by atoms with E-state index < -0.39 is 0 Å². The summed E-state index contributed by atoms with van der Waals surface area (Å²) in [5.74, 6) is 1.51. The maximum absolute atomic E-state index is 11.9. The first-order valence-electron chi connectivity index (χ1n) is 6.41. The normalized spacial score (nSPS) is 15.0. The van der Waals surface area contributed by atoms with Gasteiger partial charge in [-0.1, -0.05) is 20.3 Å². The van der Waals surface area contributed by atoms with Crippen LogP contribution in [-0.2, 0) is 4.79 Å². The third kappa shape index (κ3) is 2.94. The van der Waals surface area contributed by atoms with E-state index in [1.54, 1.807) is 0 Å². The number of anilines is 1. The van der Waals surface area contributed by atoms with Crippen molar-refractivity contribution < 1.29 is 14.3 Å². The Morgan fingerprint density at radius 2 is 2.06 bits per heavy atom. The molecule has 0 aliphatic carbocycles. The molecule has 2 rings (SSSR count). The summed E-state index contributed by atoms with van der Waals surface area (Å²) >= 11 is 0. The Bertz CT molecular complexity index is 431. The van der Waals surface area contributed by atoms with Crippen LogP contribution >= 0.6 is 0 Å². The molecule has 18 heavy (non-hydrogen) atoms. The second-order valence-electron chi connectivity index (χ2n) is 4.54. The summed E-state index contributed by atoms with van der Waals surface area (Å²) < 4.78 is 10.9. The molecule has 1 atom stereocenters. The number of carbonyl (C=O) groups excluding carboxylic acids is 1. The fourth-order valence-corrected chi connectivity index (χ4v) is 1.95. The molecule has 0 unspecified atom stereocenters. The predicted octanol–water partition coefficient (Wildman–Crippen LogP) is 2.83. The van der Waals surface area contributed by atoms with Crippen LogP contribution in [0.1, 0.15) is 26.7 Å². The number of rotatable bonds is 4. The molecule has 1 heterocycles. The van der Waals surface area contributed by atoms with E-state index in [0.717, 1.165) is 24.3 Å². The van der Waals surface area contributed by atoms with Crippen molar-refractivity contribution in [1.29, 1.82) is 0 Å². The Hall–Kier alpha value is -1.71. The van der Waals surface area contributed by atoms with Crippen LogP contribution in [0.2, 0.25) is 0 Å². The van der Waals surface area contributed by atoms with Crippen LogP contribution in [0.15, 0.2) is 18.2 Å². The Balaban J connectivity index is 2.03. The third-order valence-corrected chi connectivity index (χ3v) is 2.98. The highest BCUT2D eigenvalue weighted by Crippen LogP contribution is 2.32. The first-order chi connectivity index (χ1) is 8.70. The lowest BCUT2D eigenvalue weighted by atomic mass is 10.1. The van der Waals surface area contributed by atoms with Gasteiger partial charge >= 0.3 is 0 Å². The fourth-order valence-electron chi connectivity index (χ4n) is 1.95. The van der Waals surface area contributed by atoms with Crippen molar-refractivity contribution in [1.82, 2.24) is 0 Å². The van der Waals surface area contributed by atoms with E-state index in [-0.39, 0.29) is 11.8 Å². The summed E-state index contributed by atoms with van der Waals surface area (Å²) in [5, 5.41) is 2.90. The van der Waals surface area contributed by atoms with E-state index in [1.807, 2.05) is 25.1 Å². The quantitative estimate of drug-likeness (QED) is 0.892. The summed E-state index contributed by atoms with van der Waals surface area (Å²) in [6.07, 6.45) is 1.91. The van der Waals surface area contributed by atoms with Crippen molar-refractivity contribution in [3.63, 3.8) is 0 Å². The van der Waals surface area contributed by atoms with E-state index in [9.17, 15) is 4.79 Å². The summed E-state index contributed by atoms with van der Waals surface area (Å²) in [7, 11) is 0. The van der Waals surface area contributed by atoms with Crippen LogP contribution < -0.4 is 14.8 Å². The zero-order chi connectivity index (χ0) is 13.0. The van der Waals surface area contributed by atoms with Gasteiger partial charge in [-0.3, -0.25) is 4.79 Å². The second kappa shape index (κ2) is 5.76. The SMILES string of the molecule is CCC[C@H](C)C(=O)Nc1ccc2c(c1)OCCO2. The molecular weight excluding hydrogens is 230 g/mol. The molecule has 0 saturated carbocycles. The molecule has 1 N–H and O–H groups in total. The number of amides is 1. The molecule has 0 radical (unpaired) electrons. The van der Waals surface area contributed by atoms with E-state index >= 15 is 0 Å². The minimum absolute atomic E-state index is 0.0307. The highest BCUT2D eigenvalue weighted by atomic mass is 16.6. The molecule has 4 heteroatoms. The van der Waals surface area contributed by atoms with Crippen molar-refractivity contribution in [2.75, 3.05) is 18.5 Å². The lowest BCUT2D eigenvalue weighted by Gasteiger charge is -2.19. The standard InChI is InChI=1S/C14H19NO3/c1-3-4-10(2)14(16)15-11-5-6-12-13(9-11)18-8-7-17-12/h5-6,9-10H,3-4,7-8H2,1-2H3,(H,15,16)/t10-/m0/s1. The minimum atomic E-state index is 0.0307. The average molecular weight is 249 g/mol. The van der Waals surface area contributed by atoms with Crippen LogP contribution in [0, 0.1) is 5.92 Å². The van der Waals surface area contributed by atoms with E-state index in [2.05, 4.69) is 12.2 Å². The van der Waals surface area contributed by atoms with E-state index in [1.165, 1.54) is 0 Å². The lowest BCUT2D eigenvalue weighted by molar-refractivity contribution is -0.119. The minimum Gasteiger partial charge on any atom is -0.486 e. The Morgan fingerprint density at radius 3 is 2.78 bits per heavy atom. The summed E-state index contributed by atoms with van der Waals surface area (Å²) in [6.45, 7) is 5.15. The monoisotopic (exact) mass is 249 g/mol. The van der Waals surface area contributed by atoms with Gasteiger partial charge in [0.1, 0.15) is 13.2 Å². The molecule has 1 aromatic carbocycles. The van der Waals surface area contributed by atoms with Crippen molar-refractivity contribution in [2.45, 2.75) is 26.7 Å². The number of hydrogen-bond donors (Lipinski definition) is 1. The van der Waals surface area contributed by atoms with Gasteiger partial charge in [0.05, 0.1) is 0 Å². The van der Waals surface area contributed by atoms with Crippen LogP contribution in [0.4, 0.5) is 5.69 Å². The predicted molar refractivity (Wildman–Crippen MR) is 70.1 cm³/mol. The second-order valence-corrected chi connectivity index (χ2v) is 4.54.